The van der Waals surface area contributed by atoms with Gasteiger partial charge in [-0.25, -0.2) is 4.39 Å². The van der Waals surface area contributed by atoms with Gasteiger partial charge >= 0.3 is 0 Å². The quantitative estimate of drug-likeness (QED) is 0.794. The number of piperidine rings is 1. The number of likely N-dealkylation sites (tertiary alicyclic amines) is 1. The van der Waals surface area contributed by atoms with E-state index in [1.54, 1.807) is 12.1 Å². The number of hydrogen-bond acceptors (Lipinski definition) is 3. The fourth-order valence-corrected chi connectivity index (χ4v) is 3.62. The molecule has 1 atom stereocenters. The molecular formula is C22H25FN2O2. The standard InChI is InChI=1S/C22H25FN2O2/c1-16(26)24-11-13-25-12-5-8-19(15-25)22(27)18-9-10-20(21(23)14-18)17-6-3-2-4-7-17/h2-4,6-7,9-10,14,19H,5,8,11-13,15H2,1H3,(H,24,26)/t19-/m0/s1. The Bertz CT molecular complexity index is 807. The van der Waals surface area contributed by atoms with Crippen LogP contribution in [0.25, 0.3) is 11.1 Å². The Labute approximate surface area is 159 Å². The monoisotopic (exact) mass is 368 g/mol. The van der Waals surface area contributed by atoms with Gasteiger partial charge in [0.15, 0.2) is 5.78 Å². The summed E-state index contributed by atoms with van der Waals surface area (Å²) >= 11 is 0. The molecule has 1 heterocycles. The number of carbonyl (C=O) groups is 2. The third kappa shape index (κ3) is 5.01. The van der Waals surface area contributed by atoms with Crippen molar-refractivity contribution < 1.29 is 14.0 Å². The average molecular weight is 368 g/mol. The summed E-state index contributed by atoms with van der Waals surface area (Å²) in [7, 11) is 0. The summed E-state index contributed by atoms with van der Waals surface area (Å²) in [5, 5.41) is 2.78. The Morgan fingerprint density at radius 2 is 1.96 bits per heavy atom. The van der Waals surface area contributed by atoms with E-state index in [1.165, 1.54) is 13.0 Å². The fraction of sp³-hybridized carbons (Fsp3) is 0.364. The van der Waals surface area contributed by atoms with E-state index in [1.807, 2.05) is 30.3 Å². The molecule has 3 rings (SSSR count). The summed E-state index contributed by atoms with van der Waals surface area (Å²) in [6.07, 6.45) is 1.75. The first-order chi connectivity index (χ1) is 13.0. The van der Waals surface area contributed by atoms with Crippen LogP contribution < -0.4 is 5.32 Å². The van der Waals surface area contributed by atoms with Crippen LogP contribution in [-0.4, -0.2) is 42.8 Å². The highest BCUT2D eigenvalue weighted by atomic mass is 19.1. The van der Waals surface area contributed by atoms with E-state index in [0.717, 1.165) is 31.5 Å². The maximum Gasteiger partial charge on any atom is 0.216 e. The molecule has 27 heavy (non-hydrogen) atoms. The second kappa shape index (κ2) is 8.91. The zero-order valence-electron chi connectivity index (χ0n) is 15.6. The molecule has 142 valence electrons. The predicted molar refractivity (Wildman–Crippen MR) is 104 cm³/mol. The van der Waals surface area contributed by atoms with Gasteiger partial charge in [0.05, 0.1) is 0 Å². The average Bonchev–Trinajstić information content (AvgIpc) is 2.68. The van der Waals surface area contributed by atoms with Gasteiger partial charge in [0, 0.05) is 43.6 Å². The lowest BCUT2D eigenvalue weighted by Gasteiger charge is -2.32. The zero-order valence-corrected chi connectivity index (χ0v) is 15.6. The number of halogens is 1. The highest BCUT2D eigenvalue weighted by Crippen LogP contribution is 2.26. The predicted octanol–water partition coefficient (Wildman–Crippen LogP) is 3.52. The number of hydrogen-bond donors (Lipinski definition) is 1. The van der Waals surface area contributed by atoms with Gasteiger partial charge in [-0.05, 0) is 31.0 Å². The summed E-state index contributed by atoms with van der Waals surface area (Å²) in [5.74, 6) is -0.546. The molecule has 1 fully saturated rings. The first-order valence-electron chi connectivity index (χ1n) is 9.40. The highest BCUT2D eigenvalue weighted by Gasteiger charge is 2.27. The molecule has 1 amide bonds. The van der Waals surface area contributed by atoms with Crippen molar-refractivity contribution in [3.63, 3.8) is 0 Å². The lowest BCUT2D eigenvalue weighted by molar-refractivity contribution is -0.119. The first-order valence-corrected chi connectivity index (χ1v) is 9.40. The van der Waals surface area contributed by atoms with E-state index in [9.17, 15) is 14.0 Å². The van der Waals surface area contributed by atoms with Gasteiger partial charge in [-0.2, -0.15) is 0 Å². The summed E-state index contributed by atoms with van der Waals surface area (Å²) < 4.78 is 14.6. The van der Waals surface area contributed by atoms with Crippen molar-refractivity contribution in [1.82, 2.24) is 10.2 Å². The minimum absolute atomic E-state index is 0.00209. The van der Waals surface area contributed by atoms with Gasteiger partial charge in [0.2, 0.25) is 5.91 Å². The van der Waals surface area contributed by atoms with E-state index in [2.05, 4.69) is 10.2 Å². The van der Waals surface area contributed by atoms with Gasteiger partial charge in [-0.1, -0.05) is 42.5 Å². The smallest absolute Gasteiger partial charge is 0.216 e. The molecule has 4 nitrogen and oxygen atoms in total. The maximum absolute atomic E-state index is 14.6. The van der Waals surface area contributed by atoms with Crippen LogP contribution in [0.2, 0.25) is 0 Å². The zero-order chi connectivity index (χ0) is 19.2. The van der Waals surface area contributed by atoms with Crippen molar-refractivity contribution in [2.45, 2.75) is 19.8 Å². The molecule has 0 bridgehead atoms. The van der Waals surface area contributed by atoms with Crippen LogP contribution in [0.4, 0.5) is 4.39 Å². The highest BCUT2D eigenvalue weighted by molar-refractivity contribution is 5.98. The Hall–Kier alpha value is -2.53. The topological polar surface area (TPSA) is 49.4 Å². The lowest BCUT2D eigenvalue weighted by Crippen LogP contribution is -2.42. The van der Waals surface area contributed by atoms with Crippen LogP contribution in [0.1, 0.15) is 30.1 Å². The number of benzene rings is 2. The van der Waals surface area contributed by atoms with Crippen molar-refractivity contribution >= 4 is 11.7 Å². The van der Waals surface area contributed by atoms with Crippen LogP contribution in [0.5, 0.6) is 0 Å². The number of Topliss-reactive ketones (excluding diaryl/α,β-unsaturated/α-hetero) is 1. The number of ketones is 1. The molecular weight excluding hydrogens is 343 g/mol. The Morgan fingerprint density at radius 3 is 2.67 bits per heavy atom. The maximum atomic E-state index is 14.6. The van der Waals surface area contributed by atoms with Gasteiger partial charge < -0.3 is 10.2 Å². The molecule has 0 radical (unpaired) electrons. The van der Waals surface area contributed by atoms with E-state index in [0.29, 0.717) is 24.2 Å². The molecule has 1 saturated heterocycles. The van der Waals surface area contributed by atoms with Crippen LogP contribution in [-0.2, 0) is 4.79 Å². The van der Waals surface area contributed by atoms with Crippen LogP contribution in [0.3, 0.4) is 0 Å². The normalized spacial score (nSPS) is 17.5. The number of carbonyl (C=O) groups excluding carboxylic acids is 2. The number of rotatable bonds is 6. The summed E-state index contributed by atoms with van der Waals surface area (Å²) in [6.45, 7) is 4.38. The third-order valence-corrected chi connectivity index (χ3v) is 5.02. The Morgan fingerprint density at radius 1 is 1.19 bits per heavy atom. The van der Waals surface area contributed by atoms with E-state index < -0.39 is 0 Å². The van der Waals surface area contributed by atoms with Crippen molar-refractivity contribution in [2.75, 3.05) is 26.2 Å². The largest absolute Gasteiger partial charge is 0.355 e. The second-order valence-corrected chi connectivity index (χ2v) is 7.05. The lowest BCUT2D eigenvalue weighted by atomic mass is 9.89. The first kappa shape index (κ1) is 19.2. The van der Waals surface area contributed by atoms with Gasteiger partial charge in [-0.3, -0.25) is 9.59 Å². The van der Waals surface area contributed by atoms with Crippen molar-refractivity contribution in [2.24, 2.45) is 5.92 Å². The van der Waals surface area contributed by atoms with Crippen molar-refractivity contribution in [3.05, 3.63) is 59.9 Å². The van der Waals surface area contributed by atoms with Crippen molar-refractivity contribution in [1.29, 1.82) is 0 Å². The van der Waals surface area contributed by atoms with E-state index in [4.69, 9.17) is 0 Å². The van der Waals surface area contributed by atoms with Crippen LogP contribution in [0, 0.1) is 11.7 Å². The molecule has 0 saturated carbocycles. The molecule has 5 heteroatoms. The molecule has 1 N–H and O–H groups in total. The van der Waals surface area contributed by atoms with Gasteiger partial charge in [0.25, 0.3) is 0 Å². The molecule has 1 aliphatic heterocycles. The van der Waals surface area contributed by atoms with E-state index >= 15 is 0 Å². The van der Waals surface area contributed by atoms with Crippen LogP contribution in [0.15, 0.2) is 48.5 Å². The second-order valence-electron chi connectivity index (χ2n) is 7.05. The Kier molecular flexibility index (Phi) is 6.35. The fourth-order valence-electron chi connectivity index (χ4n) is 3.62. The molecule has 0 aromatic heterocycles. The Balaban J connectivity index is 1.66. The molecule has 0 unspecified atom stereocenters. The van der Waals surface area contributed by atoms with Crippen molar-refractivity contribution in [3.8, 4) is 11.1 Å². The minimum atomic E-state index is -0.370. The minimum Gasteiger partial charge on any atom is -0.355 e. The van der Waals surface area contributed by atoms with Gasteiger partial charge in [-0.15, -0.1) is 0 Å². The molecule has 2 aromatic carbocycles. The van der Waals surface area contributed by atoms with E-state index in [-0.39, 0.29) is 23.4 Å². The number of nitrogens with one attached hydrogen (secondary N) is 1. The van der Waals surface area contributed by atoms with Crippen LogP contribution >= 0.6 is 0 Å². The SMILES string of the molecule is CC(=O)NCCN1CCC[C@H](C(=O)c2ccc(-c3ccccc3)c(F)c2)C1. The molecule has 1 aliphatic rings. The van der Waals surface area contributed by atoms with Gasteiger partial charge in [0.1, 0.15) is 5.82 Å². The third-order valence-electron chi connectivity index (χ3n) is 5.02. The number of nitrogens with zero attached hydrogens (tertiary/aromatic N) is 1. The summed E-state index contributed by atoms with van der Waals surface area (Å²) in [4.78, 5) is 26.0. The molecule has 0 spiro atoms. The molecule has 2 aromatic rings. The summed E-state index contributed by atoms with van der Waals surface area (Å²) in [6, 6.07) is 14.1. The molecule has 0 aliphatic carbocycles. The summed E-state index contributed by atoms with van der Waals surface area (Å²) in [5.41, 5.74) is 1.74. The number of amides is 1.